The van der Waals surface area contributed by atoms with Crippen LogP contribution in [0.25, 0.3) is 0 Å². The summed E-state index contributed by atoms with van der Waals surface area (Å²) in [5, 5.41) is 1.31. The van der Waals surface area contributed by atoms with Crippen molar-refractivity contribution >= 4 is 0 Å². The lowest BCUT2D eigenvalue weighted by atomic mass is 9.90. The van der Waals surface area contributed by atoms with Crippen LogP contribution in [0.2, 0.25) is 0 Å². The summed E-state index contributed by atoms with van der Waals surface area (Å²) in [6, 6.07) is 0. The van der Waals surface area contributed by atoms with Gasteiger partial charge in [0.1, 0.15) is 11.2 Å². The van der Waals surface area contributed by atoms with Gasteiger partial charge in [-0.25, -0.2) is 9.68 Å². The van der Waals surface area contributed by atoms with Gasteiger partial charge in [0.25, 0.3) is 0 Å². The third-order valence-corrected chi connectivity index (χ3v) is 2.24. The van der Waals surface area contributed by atoms with E-state index in [0.29, 0.717) is 0 Å². The van der Waals surface area contributed by atoms with E-state index >= 15 is 0 Å². The number of hydrogen-bond acceptors (Lipinski definition) is 3. The molecule has 0 N–H and O–H groups in total. The lowest BCUT2D eigenvalue weighted by Gasteiger charge is -2.26. The Balaban J connectivity index is 2.79. The summed E-state index contributed by atoms with van der Waals surface area (Å²) in [5.74, 6) is 0. The summed E-state index contributed by atoms with van der Waals surface area (Å²) in [6.07, 6.45) is 1.51. The molecule has 1 heterocycles. The van der Waals surface area contributed by atoms with E-state index in [1.807, 2.05) is 27.7 Å². The molecule has 1 fully saturated rings. The van der Waals surface area contributed by atoms with Gasteiger partial charge in [-0.15, -0.1) is 5.23 Å². The second-order valence-electron chi connectivity index (χ2n) is 3.67. The second kappa shape index (κ2) is 2.22. The van der Waals surface area contributed by atoms with Crippen molar-refractivity contribution in [1.29, 1.82) is 0 Å². The summed E-state index contributed by atoms with van der Waals surface area (Å²) >= 11 is 0. The van der Waals surface area contributed by atoms with E-state index in [-0.39, 0.29) is 11.2 Å². The van der Waals surface area contributed by atoms with E-state index in [2.05, 4.69) is 6.58 Å². The number of hydrogen-bond donors (Lipinski definition) is 0. The fraction of sp³-hybridized carbons (Fsp3) is 0.750. The van der Waals surface area contributed by atoms with E-state index in [4.69, 9.17) is 9.68 Å². The summed E-state index contributed by atoms with van der Waals surface area (Å²) in [6.45, 7) is 11.5. The quantitative estimate of drug-likeness (QED) is 0.580. The predicted molar refractivity (Wildman–Crippen MR) is 42.4 cm³/mol. The molecule has 11 heavy (non-hydrogen) atoms. The first-order chi connectivity index (χ1) is 4.89. The molecule has 64 valence electrons. The third kappa shape index (κ3) is 1.26. The Kier molecular flexibility index (Phi) is 1.73. The molecule has 0 aliphatic carbocycles. The molecular weight excluding hydrogens is 142 g/mol. The Labute approximate surface area is 67.5 Å². The Morgan fingerprint density at radius 3 is 1.64 bits per heavy atom. The van der Waals surface area contributed by atoms with Gasteiger partial charge in [-0.3, -0.25) is 0 Å². The predicted octanol–water partition coefficient (Wildman–Crippen LogP) is 1.87. The minimum atomic E-state index is -0.304. The lowest BCUT2D eigenvalue weighted by molar-refractivity contribution is -0.292. The van der Waals surface area contributed by atoms with Crippen LogP contribution in [0.4, 0.5) is 0 Å². The van der Waals surface area contributed by atoms with Crippen molar-refractivity contribution in [1.82, 2.24) is 5.23 Å². The van der Waals surface area contributed by atoms with Gasteiger partial charge in [-0.05, 0) is 27.7 Å². The SMILES string of the molecule is C=CN1OC(C)(C)C(C)(C)O1. The molecule has 0 saturated carbocycles. The molecule has 0 bridgehead atoms. The molecule has 1 aliphatic rings. The molecule has 1 saturated heterocycles. The fourth-order valence-corrected chi connectivity index (χ4v) is 0.763. The number of nitrogens with zero attached hydrogens (tertiary/aromatic N) is 1. The standard InChI is InChI=1S/C8H15NO2/c1-6-9-10-7(2,3)8(4,5)11-9/h6H,1H2,2-5H3. The van der Waals surface area contributed by atoms with Crippen molar-refractivity contribution in [3.8, 4) is 0 Å². The maximum atomic E-state index is 5.41. The van der Waals surface area contributed by atoms with Crippen LogP contribution < -0.4 is 0 Å². The minimum Gasteiger partial charge on any atom is -0.240 e. The van der Waals surface area contributed by atoms with Gasteiger partial charge in [0.05, 0.1) is 6.20 Å². The summed E-state index contributed by atoms with van der Waals surface area (Å²) in [5.41, 5.74) is -0.609. The van der Waals surface area contributed by atoms with Gasteiger partial charge < -0.3 is 0 Å². The minimum absolute atomic E-state index is 0.304. The monoisotopic (exact) mass is 157 g/mol. The summed E-state index contributed by atoms with van der Waals surface area (Å²) in [7, 11) is 0. The third-order valence-electron chi connectivity index (χ3n) is 2.24. The zero-order chi connectivity index (χ0) is 8.70. The molecule has 0 aromatic carbocycles. The Morgan fingerprint density at radius 1 is 1.09 bits per heavy atom. The van der Waals surface area contributed by atoms with Crippen LogP contribution in [0.5, 0.6) is 0 Å². The van der Waals surface area contributed by atoms with Crippen molar-refractivity contribution in [3.05, 3.63) is 12.8 Å². The molecule has 1 rings (SSSR count). The Bertz CT molecular complexity index is 159. The Hall–Kier alpha value is -0.540. The zero-order valence-electron chi connectivity index (χ0n) is 7.55. The molecule has 3 nitrogen and oxygen atoms in total. The van der Waals surface area contributed by atoms with Crippen LogP contribution in [0.3, 0.4) is 0 Å². The van der Waals surface area contributed by atoms with Gasteiger partial charge in [-0.2, -0.15) is 0 Å². The fourth-order valence-electron chi connectivity index (χ4n) is 0.763. The average molecular weight is 157 g/mol. The molecule has 0 aromatic heterocycles. The van der Waals surface area contributed by atoms with Crippen LogP contribution in [-0.4, -0.2) is 16.4 Å². The highest BCUT2D eigenvalue weighted by Crippen LogP contribution is 2.37. The van der Waals surface area contributed by atoms with Crippen LogP contribution in [0.1, 0.15) is 27.7 Å². The molecular formula is C8H15NO2. The second-order valence-corrected chi connectivity index (χ2v) is 3.67. The molecule has 3 heteroatoms. The normalized spacial score (nSPS) is 27.1. The van der Waals surface area contributed by atoms with Gasteiger partial charge in [0, 0.05) is 0 Å². The van der Waals surface area contributed by atoms with Gasteiger partial charge in [-0.1, -0.05) is 6.58 Å². The molecule has 0 atom stereocenters. The molecule has 0 radical (unpaired) electrons. The van der Waals surface area contributed by atoms with Crippen molar-refractivity contribution in [2.75, 3.05) is 0 Å². The van der Waals surface area contributed by atoms with Crippen molar-refractivity contribution < 1.29 is 9.68 Å². The highest BCUT2D eigenvalue weighted by molar-refractivity contribution is 4.91. The first-order valence-electron chi connectivity index (χ1n) is 3.69. The molecule has 0 unspecified atom stereocenters. The largest absolute Gasteiger partial charge is 0.240 e. The molecule has 1 aliphatic heterocycles. The van der Waals surface area contributed by atoms with Crippen LogP contribution in [-0.2, 0) is 9.68 Å². The average Bonchev–Trinajstić information content (AvgIpc) is 2.03. The van der Waals surface area contributed by atoms with Crippen LogP contribution in [0.15, 0.2) is 12.8 Å². The van der Waals surface area contributed by atoms with Gasteiger partial charge >= 0.3 is 0 Å². The first kappa shape index (κ1) is 8.56. The number of rotatable bonds is 1. The maximum Gasteiger partial charge on any atom is 0.124 e. The maximum absolute atomic E-state index is 5.41. The zero-order valence-corrected chi connectivity index (χ0v) is 7.55. The van der Waals surface area contributed by atoms with E-state index in [1.165, 1.54) is 11.4 Å². The van der Waals surface area contributed by atoms with Crippen LogP contribution >= 0.6 is 0 Å². The summed E-state index contributed by atoms with van der Waals surface area (Å²) < 4.78 is 0. The van der Waals surface area contributed by atoms with Crippen molar-refractivity contribution in [2.24, 2.45) is 0 Å². The van der Waals surface area contributed by atoms with E-state index < -0.39 is 0 Å². The van der Waals surface area contributed by atoms with Crippen molar-refractivity contribution in [2.45, 2.75) is 38.9 Å². The topological polar surface area (TPSA) is 21.7 Å². The summed E-state index contributed by atoms with van der Waals surface area (Å²) in [4.78, 5) is 10.8. The van der Waals surface area contributed by atoms with E-state index in [9.17, 15) is 0 Å². The smallest absolute Gasteiger partial charge is 0.124 e. The van der Waals surface area contributed by atoms with E-state index in [1.54, 1.807) is 0 Å². The molecule has 0 aromatic rings. The lowest BCUT2D eigenvalue weighted by Crippen LogP contribution is -2.41. The van der Waals surface area contributed by atoms with Crippen molar-refractivity contribution in [3.63, 3.8) is 0 Å². The van der Waals surface area contributed by atoms with E-state index in [0.717, 1.165) is 0 Å². The molecule has 0 amide bonds. The van der Waals surface area contributed by atoms with Gasteiger partial charge in [0.2, 0.25) is 0 Å². The first-order valence-corrected chi connectivity index (χ1v) is 3.69. The number of hydroxylamine groups is 2. The highest BCUT2D eigenvalue weighted by Gasteiger charge is 2.48. The Morgan fingerprint density at radius 2 is 1.45 bits per heavy atom. The molecule has 0 spiro atoms. The van der Waals surface area contributed by atoms with Gasteiger partial charge in [0.15, 0.2) is 0 Å². The van der Waals surface area contributed by atoms with Crippen LogP contribution in [0, 0.1) is 0 Å². The highest BCUT2D eigenvalue weighted by atomic mass is 17.0.